The van der Waals surface area contributed by atoms with E-state index in [0.717, 1.165) is 52.8 Å². The van der Waals surface area contributed by atoms with Gasteiger partial charge in [0.2, 0.25) is 5.96 Å². The first-order valence-corrected chi connectivity index (χ1v) is 10.0. The number of benzene rings is 1. The quantitative estimate of drug-likeness (QED) is 0.299. The maximum absolute atomic E-state index is 8.30. The van der Waals surface area contributed by atoms with E-state index in [1.54, 1.807) is 25.3 Å². The molecule has 0 bridgehead atoms. The smallest absolute Gasteiger partial charge is 0.214 e. The summed E-state index contributed by atoms with van der Waals surface area (Å²) >= 11 is 0. The number of hydrazone groups is 1. The van der Waals surface area contributed by atoms with E-state index in [0.29, 0.717) is 12.5 Å². The van der Waals surface area contributed by atoms with Gasteiger partial charge in [0.1, 0.15) is 5.75 Å². The zero-order valence-corrected chi connectivity index (χ0v) is 18.3. The van der Waals surface area contributed by atoms with E-state index >= 15 is 0 Å². The maximum Gasteiger partial charge on any atom is 0.214 e. The molecule has 2 rings (SSSR count). The summed E-state index contributed by atoms with van der Waals surface area (Å²) in [5.74, 6) is 1.30. The molecule has 6 heteroatoms. The van der Waals surface area contributed by atoms with Crippen LogP contribution in [0.3, 0.4) is 0 Å². The largest absolute Gasteiger partial charge is 0.491 e. The number of nitrogens with one attached hydrogen (secondary N) is 2. The summed E-state index contributed by atoms with van der Waals surface area (Å²) in [5.41, 5.74) is 3.41. The lowest BCUT2D eigenvalue weighted by Gasteiger charge is -2.18. The molecule has 0 radical (unpaired) electrons. The minimum atomic E-state index is 0.0719. The molecule has 0 amide bonds. The molecule has 0 unspecified atom stereocenters. The van der Waals surface area contributed by atoms with E-state index in [9.17, 15) is 0 Å². The Labute approximate surface area is 172 Å². The average Bonchev–Trinajstić information content (AvgIpc) is 2.98. The summed E-state index contributed by atoms with van der Waals surface area (Å²) in [7, 11) is 3.47. The molecule has 0 atom stereocenters. The minimum absolute atomic E-state index is 0.0719. The lowest BCUT2D eigenvalue weighted by molar-refractivity contribution is 0.241. The normalized spacial score (nSPS) is 13.7. The van der Waals surface area contributed by atoms with Crippen molar-refractivity contribution in [2.24, 2.45) is 10.1 Å². The fourth-order valence-corrected chi connectivity index (χ4v) is 3.05. The summed E-state index contributed by atoms with van der Waals surface area (Å²) in [6, 6.07) is 3.96. The number of nitrogens with zero attached hydrogens (tertiary/aromatic N) is 3. The molecular formula is C22H35N5O. The molecule has 2 aromatic rings. The molecule has 2 N–H and O–H groups in total. The SMILES string of the molecule is [2H]N(CCCCC)/C(=N/C)N(C)/N=C(\C)c1cn([2H])c2cc(C)c(OC(C)C)cc12. The van der Waals surface area contributed by atoms with Crippen molar-refractivity contribution >= 4 is 22.6 Å². The van der Waals surface area contributed by atoms with E-state index in [4.69, 9.17) is 7.56 Å². The number of H-pyrrole nitrogens is 1. The van der Waals surface area contributed by atoms with Crippen LogP contribution in [0.4, 0.5) is 0 Å². The molecule has 0 aliphatic carbocycles. The summed E-state index contributed by atoms with van der Waals surface area (Å²) in [6.07, 6.45) is 4.97. The third kappa shape index (κ3) is 5.50. The van der Waals surface area contributed by atoms with Gasteiger partial charge >= 0.3 is 0 Å². The number of aliphatic imine (C=N–C) groups is 1. The highest BCUT2D eigenvalue weighted by Crippen LogP contribution is 2.28. The van der Waals surface area contributed by atoms with Crippen molar-refractivity contribution in [1.82, 2.24) is 15.3 Å². The Morgan fingerprint density at radius 2 is 2.14 bits per heavy atom. The summed E-state index contributed by atoms with van der Waals surface area (Å²) in [5, 5.41) is 8.60. The maximum atomic E-state index is 8.30. The van der Waals surface area contributed by atoms with Gasteiger partial charge in [0.15, 0.2) is 2.82 Å². The Balaban J connectivity index is 2.36. The van der Waals surface area contributed by atoms with Crippen LogP contribution in [0.15, 0.2) is 28.4 Å². The van der Waals surface area contributed by atoms with Crippen molar-refractivity contribution in [3.63, 3.8) is 0 Å². The van der Waals surface area contributed by atoms with Crippen LogP contribution in [0.2, 0.25) is 2.82 Å². The average molecular weight is 388 g/mol. The first-order chi connectivity index (χ1) is 14.2. The highest BCUT2D eigenvalue weighted by molar-refractivity contribution is 6.10. The van der Waals surface area contributed by atoms with E-state index in [1.165, 1.54) is 10.3 Å². The molecule has 0 aliphatic rings. The standard InChI is InChI=1S/C22H35N5O/c1-8-9-10-11-24-22(23-6)27(7)26-17(5)19-14-25-20-12-16(4)21(13-18(19)20)28-15(2)3/h12-15,25H,8-11H2,1-7H3,(H,23,24)/b26-17+/i/hD2. The van der Waals surface area contributed by atoms with Crippen molar-refractivity contribution in [3.8, 4) is 5.75 Å². The van der Waals surface area contributed by atoms with E-state index in [2.05, 4.69) is 17.0 Å². The molecule has 0 saturated carbocycles. The second kappa shape index (κ2) is 10.2. The second-order valence-electron chi connectivity index (χ2n) is 7.29. The Morgan fingerprint density at radius 1 is 1.39 bits per heavy atom. The van der Waals surface area contributed by atoms with Gasteiger partial charge in [-0.15, -0.1) is 0 Å². The lowest BCUT2D eigenvalue weighted by Crippen LogP contribution is -2.36. The van der Waals surface area contributed by atoms with E-state index in [1.807, 2.05) is 39.8 Å². The van der Waals surface area contributed by atoms with Gasteiger partial charge in [0.25, 0.3) is 0 Å². The van der Waals surface area contributed by atoms with Crippen LogP contribution in [-0.4, -0.2) is 48.4 Å². The van der Waals surface area contributed by atoms with Crippen LogP contribution in [-0.2, 0) is 0 Å². The topological polar surface area (TPSA) is 65.0 Å². The Kier molecular flexibility index (Phi) is 6.84. The summed E-state index contributed by atoms with van der Waals surface area (Å²) in [4.78, 5) is 5.62. The third-order valence-electron chi connectivity index (χ3n) is 4.47. The van der Waals surface area contributed by atoms with Gasteiger partial charge in [0, 0.05) is 43.3 Å². The van der Waals surface area contributed by atoms with Crippen molar-refractivity contribution in [3.05, 3.63) is 29.5 Å². The highest BCUT2D eigenvalue weighted by Gasteiger charge is 2.13. The van der Waals surface area contributed by atoms with Crippen molar-refractivity contribution in [2.75, 3.05) is 20.6 Å². The highest BCUT2D eigenvalue weighted by atomic mass is 16.5. The van der Waals surface area contributed by atoms with E-state index in [-0.39, 0.29) is 6.10 Å². The van der Waals surface area contributed by atoms with Crippen molar-refractivity contribution < 1.29 is 7.56 Å². The zero-order valence-electron chi connectivity index (χ0n) is 20.3. The zero-order chi connectivity index (χ0) is 22.4. The van der Waals surface area contributed by atoms with Crippen LogP contribution >= 0.6 is 0 Å². The number of aromatic nitrogens is 1. The number of unbranched alkanes of at least 4 members (excludes halogenated alkanes) is 2. The lowest BCUT2D eigenvalue weighted by atomic mass is 10.1. The van der Waals surface area contributed by atoms with Gasteiger partial charge in [0.05, 0.1) is 11.8 Å². The molecule has 28 heavy (non-hydrogen) atoms. The Morgan fingerprint density at radius 3 is 2.79 bits per heavy atom. The number of aromatic amines is 1. The molecule has 0 aliphatic heterocycles. The van der Waals surface area contributed by atoms with E-state index < -0.39 is 0 Å². The van der Waals surface area contributed by atoms with Crippen LogP contribution in [0.1, 0.15) is 58.1 Å². The monoisotopic (exact) mass is 387 g/mol. The number of guanidine groups is 1. The fraction of sp³-hybridized carbons (Fsp3) is 0.545. The molecule has 0 fully saturated rings. The van der Waals surface area contributed by atoms with Crippen LogP contribution < -0.4 is 10.0 Å². The number of aryl methyl sites for hydroxylation is 1. The van der Waals surface area contributed by atoms with Gasteiger partial charge in [-0.25, -0.2) is 5.01 Å². The fourth-order valence-electron chi connectivity index (χ4n) is 3.05. The van der Waals surface area contributed by atoms with Crippen molar-refractivity contribution in [2.45, 2.75) is 60.0 Å². The van der Waals surface area contributed by atoms with Crippen LogP contribution in [0.5, 0.6) is 5.75 Å². The van der Waals surface area contributed by atoms with Crippen LogP contribution in [0.25, 0.3) is 10.9 Å². The van der Waals surface area contributed by atoms with Gasteiger partial charge in [-0.3, -0.25) is 4.99 Å². The number of ether oxygens (including phenoxy) is 1. The molecule has 6 nitrogen and oxygen atoms in total. The predicted molar refractivity (Wildman–Crippen MR) is 120 cm³/mol. The number of hydrogen-bond acceptors (Lipinski definition) is 3. The third-order valence-corrected chi connectivity index (χ3v) is 4.47. The number of hydrogen-bond donors (Lipinski definition) is 2. The van der Waals surface area contributed by atoms with Gasteiger partial charge in [-0.2, -0.15) is 5.10 Å². The summed E-state index contributed by atoms with van der Waals surface area (Å²) in [6.45, 7) is 10.7. The first-order valence-electron chi connectivity index (χ1n) is 10.9. The molecular weight excluding hydrogens is 350 g/mol. The van der Waals surface area contributed by atoms with Crippen molar-refractivity contribution in [1.29, 1.82) is 0 Å². The minimum Gasteiger partial charge on any atom is -0.491 e. The second-order valence-corrected chi connectivity index (χ2v) is 7.29. The molecule has 0 spiro atoms. The van der Waals surface area contributed by atoms with Gasteiger partial charge < -0.3 is 15.0 Å². The molecule has 1 aromatic heterocycles. The summed E-state index contributed by atoms with van der Waals surface area (Å²) < 4.78 is 22.5. The number of rotatable bonds is 8. The molecule has 1 aromatic carbocycles. The van der Waals surface area contributed by atoms with Gasteiger partial charge in [-0.05, 0) is 51.8 Å². The Hall–Kier alpha value is -2.50. The first kappa shape index (κ1) is 18.8. The molecule has 1 heterocycles. The van der Waals surface area contributed by atoms with Gasteiger partial charge in [-0.1, -0.05) is 19.8 Å². The van der Waals surface area contributed by atoms with Crippen LogP contribution in [0, 0.1) is 6.92 Å². The molecule has 154 valence electrons. The Bertz CT molecular complexity index is 920. The molecule has 0 saturated heterocycles. The number of fused-ring (bicyclic) bond motifs is 1. The predicted octanol–water partition coefficient (Wildman–Crippen LogP) is 4.68.